The molecule has 0 radical (unpaired) electrons. The van der Waals surface area contributed by atoms with Gasteiger partial charge in [-0.2, -0.15) is 0 Å². The Hall–Kier alpha value is -1.31. The lowest BCUT2D eigenvalue weighted by Crippen LogP contribution is -2.26. The van der Waals surface area contributed by atoms with Gasteiger partial charge in [-0.15, -0.1) is 0 Å². The van der Waals surface area contributed by atoms with Crippen molar-refractivity contribution in [3.05, 3.63) is 35.9 Å². The van der Waals surface area contributed by atoms with Crippen LogP contribution in [0.2, 0.25) is 0 Å². The zero-order valence-corrected chi connectivity index (χ0v) is 11.3. The van der Waals surface area contributed by atoms with E-state index in [4.69, 9.17) is 4.74 Å². The summed E-state index contributed by atoms with van der Waals surface area (Å²) >= 11 is 0. The van der Waals surface area contributed by atoms with E-state index in [1.165, 1.54) is 25.3 Å². The van der Waals surface area contributed by atoms with Crippen molar-refractivity contribution in [3.63, 3.8) is 0 Å². The van der Waals surface area contributed by atoms with Crippen molar-refractivity contribution in [2.24, 2.45) is 5.92 Å². The maximum atomic E-state index is 11.0. The Morgan fingerprint density at radius 1 is 1.17 bits per heavy atom. The average molecular weight is 246 g/mol. The first-order valence-electron chi connectivity index (χ1n) is 6.89. The third-order valence-corrected chi connectivity index (χ3v) is 4.06. The summed E-state index contributed by atoms with van der Waals surface area (Å²) in [6.45, 7) is 3.51. The van der Waals surface area contributed by atoms with E-state index in [-0.39, 0.29) is 12.1 Å². The Labute approximate surface area is 109 Å². The van der Waals surface area contributed by atoms with Gasteiger partial charge in [0, 0.05) is 6.92 Å². The van der Waals surface area contributed by atoms with Gasteiger partial charge in [-0.1, -0.05) is 30.3 Å². The fourth-order valence-corrected chi connectivity index (χ4v) is 3.01. The first-order chi connectivity index (χ1) is 8.66. The standard InChI is InChI=1S/C16H22O2/c1-12(18-13(2)17)14-8-10-16(11-9-14)15-6-4-3-5-7-15/h3-7,12,14,16H,8-11H2,1-2H3. The number of hydrogen-bond donors (Lipinski definition) is 0. The van der Waals surface area contributed by atoms with E-state index in [2.05, 4.69) is 30.3 Å². The van der Waals surface area contributed by atoms with Crippen molar-refractivity contribution in [2.75, 3.05) is 0 Å². The molecule has 0 bridgehead atoms. The molecule has 1 aliphatic rings. The lowest BCUT2D eigenvalue weighted by molar-refractivity contribution is -0.148. The van der Waals surface area contributed by atoms with Crippen LogP contribution < -0.4 is 0 Å². The highest BCUT2D eigenvalue weighted by atomic mass is 16.5. The summed E-state index contributed by atoms with van der Waals surface area (Å²) in [5.41, 5.74) is 1.45. The van der Waals surface area contributed by atoms with Crippen LogP contribution in [0.15, 0.2) is 30.3 Å². The number of benzene rings is 1. The first kappa shape index (κ1) is 13.1. The highest BCUT2D eigenvalue weighted by Gasteiger charge is 2.27. The molecule has 0 saturated heterocycles. The summed E-state index contributed by atoms with van der Waals surface area (Å²) < 4.78 is 5.29. The summed E-state index contributed by atoms with van der Waals surface area (Å²) in [6, 6.07) is 10.7. The molecule has 1 saturated carbocycles. The number of hydrogen-bond acceptors (Lipinski definition) is 2. The molecular formula is C16H22O2. The predicted molar refractivity (Wildman–Crippen MR) is 72.4 cm³/mol. The average Bonchev–Trinajstić information content (AvgIpc) is 2.39. The van der Waals surface area contributed by atoms with Crippen LogP contribution in [0.25, 0.3) is 0 Å². The smallest absolute Gasteiger partial charge is 0.302 e. The van der Waals surface area contributed by atoms with Gasteiger partial charge >= 0.3 is 5.97 Å². The minimum atomic E-state index is -0.160. The van der Waals surface area contributed by atoms with Crippen LogP contribution in [0, 0.1) is 5.92 Å². The molecule has 0 spiro atoms. The lowest BCUT2D eigenvalue weighted by atomic mass is 9.77. The molecule has 1 aromatic carbocycles. The molecule has 0 N–H and O–H groups in total. The number of carbonyl (C=O) groups is 1. The van der Waals surface area contributed by atoms with Gasteiger partial charge in [0.1, 0.15) is 6.10 Å². The van der Waals surface area contributed by atoms with Gasteiger partial charge in [0.2, 0.25) is 0 Å². The van der Waals surface area contributed by atoms with Crippen LogP contribution in [0.4, 0.5) is 0 Å². The Morgan fingerprint density at radius 3 is 2.33 bits per heavy atom. The maximum Gasteiger partial charge on any atom is 0.302 e. The quantitative estimate of drug-likeness (QED) is 0.756. The largest absolute Gasteiger partial charge is 0.463 e. The predicted octanol–water partition coefficient (Wildman–Crippen LogP) is 3.91. The number of esters is 1. The lowest BCUT2D eigenvalue weighted by Gasteiger charge is -2.32. The van der Waals surface area contributed by atoms with E-state index in [0.29, 0.717) is 11.8 Å². The summed E-state index contributed by atoms with van der Waals surface area (Å²) in [6.07, 6.45) is 4.81. The van der Waals surface area contributed by atoms with Crippen LogP contribution in [-0.2, 0) is 9.53 Å². The second-order valence-electron chi connectivity index (χ2n) is 5.34. The molecule has 2 heteroatoms. The van der Waals surface area contributed by atoms with Crippen LogP contribution in [0.1, 0.15) is 51.0 Å². The van der Waals surface area contributed by atoms with Crippen LogP contribution in [0.3, 0.4) is 0 Å². The highest BCUT2D eigenvalue weighted by Crippen LogP contribution is 2.37. The minimum absolute atomic E-state index is 0.0687. The molecule has 18 heavy (non-hydrogen) atoms. The summed E-state index contributed by atoms with van der Waals surface area (Å²) in [5.74, 6) is 1.06. The molecule has 0 amide bonds. The van der Waals surface area contributed by atoms with E-state index in [1.54, 1.807) is 0 Å². The van der Waals surface area contributed by atoms with Gasteiger partial charge in [-0.05, 0) is 50.0 Å². The van der Waals surface area contributed by atoms with Crippen molar-refractivity contribution >= 4 is 5.97 Å². The Kier molecular flexibility index (Phi) is 4.40. The molecule has 0 aliphatic heterocycles. The van der Waals surface area contributed by atoms with Crippen LogP contribution in [-0.4, -0.2) is 12.1 Å². The first-order valence-corrected chi connectivity index (χ1v) is 6.89. The van der Waals surface area contributed by atoms with Gasteiger partial charge in [-0.25, -0.2) is 0 Å². The van der Waals surface area contributed by atoms with Crippen molar-refractivity contribution in [2.45, 2.75) is 51.6 Å². The summed E-state index contributed by atoms with van der Waals surface area (Å²) in [7, 11) is 0. The van der Waals surface area contributed by atoms with Crippen molar-refractivity contribution < 1.29 is 9.53 Å². The van der Waals surface area contributed by atoms with E-state index < -0.39 is 0 Å². The molecule has 98 valence electrons. The molecule has 1 fully saturated rings. The molecule has 2 nitrogen and oxygen atoms in total. The summed E-state index contributed by atoms with van der Waals surface area (Å²) in [5, 5.41) is 0. The fraction of sp³-hybridized carbons (Fsp3) is 0.562. The van der Waals surface area contributed by atoms with E-state index in [1.807, 2.05) is 6.92 Å². The normalized spacial score (nSPS) is 25.4. The molecule has 0 aromatic heterocycles. The second-order valence-corrected chi connectivity index (χ2v) is 5.34. The van der Waals surface area contributed by atoms with Crippen molar-refractivity contribution in [1.29, 1.82) is 0 Å². The molecule has 2 rings (SSSR count). The molecule has 0 heterocycles. The van der Waals surface area contributed by atoms with Gasteiger partial charge in [0.25, 0.3) is 0 Å². The number of rotatable bonds is 3. The number of ether oxygens (including phenoxy) is 1. The molecular weight excluding hydrogens is 224 g/mol. The zero-order chi connectivity index (χ0) is 13.0. The zero-order valence-electron chi connectivity index (χ0n) is 11.3. The molecule has 1 aromatic rings. The Morgan fingerprint density at radius 2 is 1.78 bits per heavy atom. The van der Waals surface area contributed by atoms with Crippen LogP contribution in [0.5, 0.6) is 0 Å². The van der Waals surface area contributed by atoms with Crippen LogP contribution >= 0.6 is 0 Å². The molecule has 1 atom stereocenters. The van der Waals surface area contributed by atoms with Gasteiger partial charge in [-0.3, -0.25) is 4.79 Å². The second kappa shape index (κ2) is 6.03. The van der Waals surface area contributed by atoms with E-state index in [9.17, 15) is 4.79 Å². The van der Waals surface area contributed by atoms with E-state index in [0.717, 1.165) is 12.8 Å². The Bertz CT molecular complexity index is 377. The number of carbonyl (C=O) groups excluding carboxylic acids is 1. The third kappa shape index (κ3) is 3.34. The Balaban J connectivity index is 1.86. The van der Waals surface area contributed by atoms with Gasteiger partial charge in [0.05, 0.1) is 0 Å². The fourth-order valence-electron chi connectivity index (χ4n) is 3.01. The minimum Gasteiger partial charge on any atom is -0.463 e. The molecule has 1 unspecified atom stereocenters. The van der Waals surface area contributed by atoms with Gasteiger partial charge in [0.15, 0.2) is 0 Å². The van der Waals surface area contributed by atoms with E-state index >= 15 is 0 Å². The summed E-state index contributed by atoms with van der Waals surface area (Å²) in [4.78, 5) is 11.0. The third-order valence-electron chi connectivity index (χ3n) is 4.06. The monoisotopic (exact) mass is 246 g/mol. The van der Waals surface area contributed by atoms with Gasteiger partial charge < -0.3 is 4.74 Å². The SMILES string of the molecule is CC(=O)OC(C)C1CCC(c2ccccc2)CC1. The van der Waals surface area contributed by atoms with Crippen molar-refractivity contribution in [1.82, 2.24) is 0 Å². The molecule has 1 aliphatic carbocycles. The van der Waals surface area contributed by atoms with Crippen molar-refractivity contribution in [3.8, 4) is 0 Å². The topological polar surface area (TPSA) is 26.3 Å². The highest BCUT2D eigenvalue weighted by molar-refractivity contribution is 5.66. The maximum absolute atomic E-state index is 11.0.